The first-order valence-corrected chi connectivity index (χ1v) is 7.36. The topological polar surface area (TPSA) is 50.7 Å². The maximum atomic E-state index is 11.9. The molecular formula is C19H20N2O2. The van der Waals surface area contributed by atoms with Gasteiger partial charge in [0.1, 0.15) is 5.75 Å². The molecule has 0 aliphatic heterocycles. The lowest BCUT2D eigenvalue weighted by Crippen LogP contribution is -2.20. The van der Waals surface area contributed by atoms with Gasteiger partial charge in [-0.3, -0.25) is 4.79 Å². The van der Waals surface area contributed by atoms with Gasteiger partial charge in [-0.2, -0.15) is 5.10 Å². The summed E-state index contributed by atoms with van der Waals surface area (Å²) in [6, 6.07) is 17.3. The van der Waals surface area contributed by atoms with Gasteiger partial charge in [0.2, 0.25) is 5.91 Å². The molecule has 4 nitrogen and oxygen atoms in total. The normalized spacial score (nSPS) is 11.5. The third kappa shape index (κ3) is 5.79. The maximum Gasteiger partial charge on any atom is 0.244 e. The Morgan fingerprint density at radius 3 is 2.48 bits per heavy atom. The molecule has 2 aromatic rings. The number of carbonyl (C=O) groups excluding carboxylic acids is 1. The van der Waals surface area contributed by atoms with Crippen LogP contribution in [0.5, 0.6) is 5.75 Å². The molecule has 0 saturated heterocycles. The van der Waals surface area contributed by atoms with Crippen molar-refractivity contribution in [2.75, 3.05) is 7.11 Å². The Morgan fingerprint density at radius 1 is 1.13 bits per heavy atom. The van der Waals surface area contributed by atoms with Gasteiger partial charge in [0.15, 0.2) is 0 Å². The van der Waals surface area contributed by atoms with Crippen LogP contribution in [0.4, 0.5) is 0 Å². The molecule has 2 rings (SSSR count). The monoisotopic (exact) mass is 308 g/mol. The molecule has 2 aromatic carbocycles. The first-order valence-electron chi connectivity index (χ1n) is 7.36. The molecule has 0 aliphatic rings. The zero-order valence-corrected chi connectivity index (χ0v) is 13.3. The van der Waals surface area contributed by atoms with Crippen molar-refractivity contribution < 1.29 is 9.53 Å². The van der Waals surface area contributed by atoms with E-state index in [0.29, 0.717) is 0 Å². The Balaban J connectivity index is 1.85. The minimum Gasteiger partial charge on any atom is -0.497 e. The molecule has 0 spiro atoms. The zero-order chi connectivity index (χ0) is 16.5. The van der Waals surface area contributed by atoms with Gasteiger partial charge >= 0.3 is 0 Å². The number of hydrazone groups is 1. The Bertz CT molecular complexity index is 689. The van der Waals surface area contributed by atoms with Gasteiger partial charge in [-0.05, 0) is 36.3 Å². The molecule has 23 heavy (non-hydrogen) atoms. The van der Waals surface area contributed by atoms with Crippen molar-refractivity contribution in [3.8, 4) is 5.75 Å². The van der Waals surface area contributed by atoms with E-state index in [-0.39, 0.29) is 12.3 Å². The largest absolute Gasteiger partial charge is 0.497 e. The SMILES string of the molecule is COc1ccc(CC(=O)N/N=C(C)/C=C/c2ccccc2)cc1. The van der Waals surface area contributed by atoms with Crippen molar-refractivity contribution in [1.29, 1.82) is 0 Å². The number of allylic oxidation sites excluding steroid dienone is 1. The minimum atomic E-state index is -0.150. The lowest BCUT2D eigenvalue weighted by atomic mass is 10.1. The fraction of sp³-hybridized carbons (Fsp3) is 0.158. The van der Waals surface area contributed by atoms with Crippen LogP contribution in [0.3, 0.4) is 0 Å². The lowest BCUT2D eigenvalue weighted by Gasteiger charge is -2.03. The minimum absolute atomic E-state index is 0.150. The number of ether oxygens (including phenoxy) is 1. The fourth-order valence-corrected chi connectivity index (χ4v) is 1.94. The van der Waals surface area contributed by atoms with Gasteiger partial charge in [0.05, 0.1) is 19.2 Å². The second kappa shape index (κ2) is 8.54. The van der Waals surface area contributed by atoms with Gasteiger partial charge in [0, 0.05) is 0 Å². The van der Waals surface area contributed by atoms with E-state index in [1.165, 1.54) is 0 Å². The predicted octanol–water partition coefficient (Wildman–Crippen LogP) is 3.44. The molecular weight excluding hydrogens is 288 g/mol. The summed E-state index contributed by atoms with van der Waals surface area (Å²) in [6.45, 7) is 1.84. The van der Waals surface area contributed by atoms with Crippen LogP contribution in [0.15, 0.2) is 65.8 Å². The van der Waals surface area contributed by atoms with Gasteiger partial charge in [-0.1, -0.05) is 48.5 Å². The second-order valence-corrected chi connectivity index (χ2v) is 5.06. The smallest absolute Gasteiger partial charge is 0.244 e. The van der Waals surface area contributed by atoms with Crippen molar-refractivity contribution in [2.45, 2.75) is 13.3 Å². The number of nitrogens with one attached hydrogen (secondary N) is 1. The van der Waals surface area contributed by atoms with Crippen LogP contribution in [0.2, 0.25) is 0 Å². The summed E-state index contributed by atoms with van der Waals surface area (Å²) in [5.41, 5.74) is 5.30. The summed E-state index contributed by atoms with van der Waals surface area (Å²) >= 11 is 0. The average molecular weight is 308 g/mol. The summed E-state index contributed by atoms with van der Waals surface area (Å²) in [5, 5.41) is 4.07. The maximum absolute atomic E-state index is 11.9. The van der Waals surface area contributed by atoms with E-state index in [4.69, 9.17) is 4.74 Å². The molecule has 0 aromatic heterocycles. The number of carbonyl (C=O) groups is 1. The summed E-state index contributed by atoms with van der Waals surface area (Å²) in [5.74, 6) is 0.622. The van der Waals surface area contributed by atoms with Crippen LogP contribution in [0.1, 0.15) is 18.1 Å². The Labute approximate surface area is 136 Å². The predicted molar refractivity (Wildman–Crippen MR) is 93.4 cm³/mol. The van der Waals surface area contributed by atoms with E-state index in [9.17, 15) is 4.79 Å². The molecule has 118 valence electrons. The number of amides is 1. The lowest BCUT2D eigenvalue weighted by molar-refractivity contribution is -0.120. The highest BCUT2D eigenvalue weighted by molar-refractivity contribution is 5.97. The number of nitrogens with zero attached hydrogens (tertiary/aromatic N) is 1. The molecule has 0 atom stereocenters. The third-order valence-corrected chi connectivity index (χ3v) is 3.20. The first-order chi connectivity index (χ1) is 11.2. The van der Waals surface area contributed by atoms with E-state index >= 15 is 0 Å². The number of rotatable bonds is 6. The summed E-state index contributed by atoms with van der Waals surface area (Å²) in [7, 11) is 1.61. The summed E-state index contributed by atoms with van der Waals surface area (Å²) in [4.78, 5) is 11.9. The van der Waals surface area contributed by atoms with Crippen molar-refractivity contribution in [2.24, 2.45) is 5.10 Å². The second-order valence-electron chi connectivity index (χ2n) is 5.06. The van der Waals surface area contributed by atoms with Crippen molar-refractivity contribution in [3.05, 3.63) is 71.8 Å². The van der Waals surface area contributed by atoms with Gasteiger partial charge < -0.3 is 4.74 Å². The van der Waals surface area contributed by atoms with E-state index < -0.39 is 0 Å². The summed E-state index contributed by atoms with van der Waals surface area (Å²) < 4.78 is 5.09. The highest BCUT2D eigenvalue weighted by atomic mass is 16.5. The zero-order valence-electron chi connectivity index (χ0n) is 13.3. The number of methoxy groups -OCH3 is 1. The highest BCUT2D eigenvalue weighted by Gasteiger charge is 2.02. The Hall–Kier alpha value is -2.88. The van der Waals surface area contributed by atoms with E-state index in [1.54, 1.807) is 7.11 Å². The molecule has 0 fully saturated rings. The molecule has 0 saturated carbocycles. The number of hydrogen-bond acceptors (Lipinski definition) is 3. The van der Waals surface area contributed by atoms with Gasteiger partial charge in [-0.25, -0.2) is 5.43 Å². The summed E-state index contributed by atoms with van der Waals surface area (Å²) in [6.07, 6.45) is 4.10. The molecule has 0 unspecified atom stereocenters. The van der Waals surface area contributed by atoms with Gasteiger partial charge in [-0.15, -0.1) is 0 Å². The van der Waals surface area contributed by atoms with Crippen LogP contribution >= 0.6 is 0 Å². The molecule has 0 radical (unpaired) electrons. The molecule has 4 heteroatoms. The molecule has 0 bridgehead atoms. The first kappa shape index (κ1) is 16.5. The van der Waals surface area contributed by atoms with Crippen LogP contribution in [-0.4, -0.2) is 18.7 Å². The van der Waals surface area contributed by atoms with E-state index in [1.807, 2.05) is 73.7 Å². The number of hydrogen-bond donors (Lipinski definition) is 1. The van der Waals surface area contributed by atoms with Crippen molar-refractivity contribution in [3.63, 3.8) is 0 Å². The Morgan fingerprint density at radius 2 is 1.83 bits per heavy atom. The quantitative estimate of drug-likeness (QED) is 0.656. The third-order valence-electron chi connectivity index (χ3n) is 3.20. The molecule has 1 amide bonds. The standard InChI is InChI=1S/C19H20N2O2/c1-15(8-9-16-6-4-3-5-7-16)20-21-19(22)14-17-10-12-18(23-2)13-11-17/h3-13H,14H2,1-2H3,(H,21,22)/b9-8+,20-15+. The van der Waals surface area contributed by atoms with E-state index in [0.717, 1.165) is 22.6 Å². The Kier molecular flexibility index (Phi) is 6.12. The molecule has 1 N–H and O–H groups in total. The van der Waals surface area contributed by atoms with Crippen LogP contribution < -0.4 is 10.2 Å². The van der Waals surface area contributed by atoms with Crippen molar-refractivity contribution in [1.82, 2.24) is 5.43 Å². The molecule has 0 heterocycles. The van der Waals surface area contributed by atoms with Crippen LogP contribution in [0, 0.1) is 0 Å². The number of benzene rings is 2. The van der Waals surface area contributed by atoms with Crippen molar-refractivity contribution >= 4 is 17.7 Å². The fourth-order valence-electron chi connectivity index (χ4n) is 1.94. The van der Waals surface area contributed by atoms with Crippen LogP contribution in [-0.2, 0) is 11.2 Å². The van der Waals surface area contributed by atoms with Crippen LogP contribution in [0.25, 0.3) is 6.08 Å². The highest BCUT2D eigenvalue weighted by Crippen LogP contribution is 2.11. The van der Waals surface area contributed by atoms with Gasteiger partial charge in [0.25, 0.3) is 0 Å². The average Bonchev–Trinajstić information content (AvgIpc) is 2.60. The molecule has 0 aliphatic carbocycles. The van der Waals surface area contributed by atoms with E-state index in [2.05, 4.69) is 10.5 Å².